The molecule has 0 aromatic heterocycles. The van der Waals surface area contributed by atoms with Gasteiger partial charge < -0.3 is 21.5 Å². The SMILES string of the molecule is N/C(=C\NC1CNC(C(=O)O)C1)Cc1ccc(Cl)cc1. The number of carbonyl (C=O) groups is 1. The fourth-order valence-electron chi connectivity index (χ4n) is 2.16. The van der Waals surface area contributed by atoms with E-state index >= 15 is 0 Å². The second kappa shape index (κ2) is 6.63. The van der Waals surface area contributed by atoms with Gasteiger partial charge in [0, 0.05) is 35.9 Å². The molecule has 2 atom stereocenters. The van der Waals surface area contributed by atoms with Crippen LogP contribution in [0, 0.1) is 0 Å². The van der Waals surface area contributed by atoms with E-state index in [1.807, 2.05) is 24.3 Å². The molecule has 1 aliphatic heterocycles. The van der Waals surface area contributed by atoms with Crippen molar-refractivity contribution in [3.63, 3.8) is 0 Å². The lowest BCUT2D eigenvalue weighted by Crippen LogP contribution is -2.30. The average molecular weight is 296 g/mol. The first-order chi connectivity index (χ1) is 9.54. The quantitative estimate of drug-likeness (QED) is 0.653. The highest BCUT2D eigenvalue weighted by Gasteiger charge is 2.28. The summed E-state index contributed by atoms with van der Waals surface area (Å²) in [5.41, 5.74) is 7.73. The molecule has 1 aromatic carbocycles. The maximum atomic E-state index is 10.8. The number of nitrogens with one attached hydrogen (secondary N) is 2. The van der Waals surface area contributed by atoms with E-state index in [1.54, 1.807) is 6.20 Å². The van der Waals surface area contributed by atoms with Crippen molar-refractivity contribution in [2.24, 2.45) is 5.73 Å². The van der Waals surface area contributed by atoms with Gasteiger partial charge >= 0.3 is 5.97 Å². The summed E-state index contributed by atoms with van der Waals surface area (Å²) in [5.74, 6) is -0.813. The van der Waals surface area contributed by atoms with Crippen molar-refractivity contribution in [2.75, 3.05) is 6.54 Å². The van der Waals surface area contributed by atoms with Gasteiger partial charge in [0.2, 0.25) is 0 Å². The molecule has 2 unspecified atom stereocenters. The minimum atomic E-state index is -0.813. The van der Waals surface area contributed by atoms with Crippen LogP contribution in [0.2, 0.25) is 5.02 Å². The van der Waals surface area contributed by atoms with Crippen LogP contribution in [0.4, 0.5) is 0 Å². The molecule has 1 aliphatic rings. The van der Waals surface area contributed by atoms with Gasteiger partial charge in [-0.3, -0.25) is 4.79 Å². The van der Waals surface area contributed by atoms with E-state index in [9.17, 15) is 4.79 Å². The number of hydrogen-bond acceptors (Lipinski definition) is 4. The largest absolute Gasteiger partial charge is 0.480 e. The van der Waals surface area contributed by atoms with Crippen molar-refractivity contribution < 1.29 is 9.90 Å². The minimum Gasteiger partial charge on any atom is -0.480 e. The van der Waals surface area contributed by atoms with Crippen LogP contribution in [0.25, 0.3) is 0 Å². The molecule has 108 valence electrons. The van der Waals surface area contributed by atoms with E-state index in [0.29, 0.717) is 30.1 Å². The zero-order valence-electron chi connectivity index (χ0n) is 11.0. The molecular formula is C14H18ClN3O2. The number of nitrogens with two attached hydrogens (primary N) is 1. The van der Waals surface area contributed by atoms with Crippen molar-refractivity contribution in [1.29, 1.82) is 0 Å². The number of halogens is 1. The smallest absolute Gasteiger partial charge is 0.320 e. The highest BCUT2D eigenvalue weighted by Crippen LogP contribution is 2.12. The molecule has 1 heterocycles. The van der Waals surface area contributed by atoms with Crippen molar-refractivity contribution in [2.45, 2.75) is 24.9 Å². The number of benzene rings is 1. The van der Waals surface area contributed by atoms with Gasteiger partial charge in [0.1, 0.15) is 6.04 Å². The Bertz CT molecular complexity index is 502. The molecule has 5 nitrogen and oxygen atoms in total. The van der Waals surface area contributed by atoms with Crippen molar-refractivity contribution in [1.82, 2.24) is 10.6 Å². The Labute approximate surface area is 122 Å². The molecule has 0 aliphatic carbocycles. The molecule has 0 radical (unpaired) electrons. The van der Waals surface area contributed by atoms with Crippen LogP contribution < -0.4 is 16.4 Å². The second-order valence-corrected chi connectivity index (χ2v) is 5.36. The standard InChI is InChI=1S/C14H18ClN3O2/c15-10-3-1-9(2-4-10)5-11(16)7-17-12-6-13(14(19)20)18-8-12/h1-4,7,12-13,17-18H,5-6,8,16H2,(H,19,20)/b11-7-. The maximum Gasteiger partial charge on any atom is 0.320 e. The maximum absolute atomic E-state index is 10.8. The first kappa shape index (κ1) is 14.7. The third kappa shape index (κ3) is 4.15. The zero-order chi connectivity index (χ0) is 14.5. The van der Waals surface area contributed by atoms with Crippen LogP contribution in [0.1, 0.15) is 12.0 Å². The van der Waals surface area contributed by atoms with Crippen LogP contribution >= 0.6 is 11.6 Å². The Morgan fingerprint density at radius 1 is 1.50 bits per heavy atom. The van der Waals surface area contributed by atoms with Gasteiger partial charge in [0.15, 0.2) is 0 Å². The van der Waals surface area contributed by atoms with Crippen LogP contribution in [0.15, 0.2) is 36.2 Å². The van der Waals surface area contributed by atoms with Crippen molar-refractivity contribution in [3.05, 3.63) is 46.7 Å². The summed E-state index contributed by atoms with van der Waals surface area (Å²) in [5, 5.41) is 15.7. The van der Waals surface area contributed by atoms with Gasteiger partial charge in [-0.2, -0.15) is 0 Å². The molecule has 2 rings (SSSR count). The number of aliphatic carboxylic acids is 1. The van der Waals surface area contributed by atoms with Gasteiger partial charge in [0.25, 0.3) is 0 Å². The van der Waals surface area contributed by atoms with E-state index < -0.39 is 12.0 Å². The van der Waals surface area contributed by atoms with Crippen molar-refractivity contribution in [3.8, 4) is 0 Å². The Balaban J connectivity index is 1.82. The molecule has 20 heavy (non-hydrogen) atoms. The Morgan fingerprint density at radius 3 is 2.80 bits per heavy atom. The summed E-state index contributed by atoms with van der Waals surface area (Å²) in [6, 6.07) is 7.14. The lowest BCUT2D eigenvalue weighted by molar-refractivity contribution is -0.139. The average Bonchev–Trinajstić information content (AvgIpc) is 2.88. The first-order valence-electron chi connectivity index (χ1n) is 6.46. The summed E-state index contributed by atoms with van der Waals surface area (Å²) in [6.45, 7) is 0.627. The number of rotatable bonds is 5. The predicted octanol–water partition coefficient (Wildman–Crippen LogP) is 1.09. The molecule has 1 aromatic rings. The van der Waals surface area contributed by atoms with Crippen LogP contribution in [0.5, 0.6) is 0 Å². The lowest BCUT2D eigenvalue weighted by Gasteiger charge is -2.10. The number of allylic oxidation sites excluding steroid dienone is 1. The van der Waals surface area contributed by atoms with Gasteiger partial charge in [-0.25, -0.2) is 0 Å². The van der Waals surface area contributed by atoms with E-state index in [4.69, 9.17) is 22.4 Å². The molecule has 1 fully saturated rings. The van der Waals surface area contributed by atoms with Gasteiger partial charge in [-0.05, 0) is 24.1 Å². The molecule has 0 saturated carbocycles. The van der Waals surface area contributed by atoms with Crippen LogP contribution in [-0.2, 0) is 11.2 Å². The minimum absolute atomic E-state index is 0.0971. The zero-order valence-corrected chi connectivity index (χ0v) is 11.7. The first-order valence-corrected chi connectivity index (χ1v) is 6.83. The second-order valence-electron chi connectivity index (χ2n) is 4.92. The number of carboxylic acid groups (broad SMARTS) is 1. The summed E-state index contributed by atoms with van der Waals surface area (Å²) in [7, 11) is 0. The molecule has 0 bridgehead atoms. The summed E-state index contributed by atoms with van der Waals surface area (Å²) >= 11 is 5.82. The third-order valence-corrected chi connectivity index (χ3v) is 3.51. The van der Waals surface area contributed by atoms with E-state index in [2.05, 4.69) is 10.6 Å². The molecule has 1 saturated heterocycles. The fraction of sp³-hybridized carbons (Fsp3) is 0.357. The molecule has 5 N–H and O–H groups in total. The summed E-state index contributed by atoms with van der Waals surface area (Å²) in [4.78, 5) is 10.8. The summed E-state index contributed by atoms with van der Waals surface area (Å²) < 4.78 is 0. The number of carboxylic acids is 1. The van der Waals surface area contributed by atoms with Crippen LogP contribution in [-0.4, -0.2) is 29.7 Å². The monoisotopic (exact) mass is 295 g/mol. The number of hydrogen-bond donors (Lipinski definition) is 4. The van der Waals surface area contributed by atoms with Crippen LogP contribution in [0.3, 0.4) is 0 Å². The van der Waals surface area contributed by atoms with E-state index in [0.717, 1.165) is 5.56 Å². The normalized spacial score (nSPS) is 22.8. The Hall–Kier alpha value is -1.72. The van der Waals surface area contributed by atoms with Gasteiger partial charge in [-0.1, -0.05) is 23.7 Å². The molecular weight excluding hydrogens is 278 g/mol. The Morgan fingerprint density at radius 2 is 2.20 bits per heavy atom. The fourth-order valence-corrected chi connectivity index (χ4v) is 2.29. The van der Waals surface area contributed by atoms with Gasteiger partial charge in [0.05, 0.1) is 0 Å². The van der Waals surface area contributed by atoms with Gasteiger partial charge in [-0.15, -0.1) is 0 Å². The molecule has 0 amide bonds. The lowest BCUT2D eigenvalue weighted by atomic mass is 10.1. The topological polar surface area (TPSA) is 87.4 Å². The highest BCUT2D eigenvalue weighted by atomic mass is 35.5. The Kier molecular flexibility index (Phi) is 4.87. The summed E-state index contributed by atoms with van der Waals surface area (Å²) in [6.07, 6.45) is 2.94. The molecule has 0 spiro atoms. The highest BCUT2D eigenvalue weighted by molar-refractivity contribution is 6.30. The predicted molar refractivity (Wildman–Crippen MR) is 78.4 cm³/mol. The van der Waals surface area contributed by atoms with E-state index in [1.165, 1.54) is 0 Å². The van der Waals surface area contributed by atoms with E-state index in [-0.39, 0.29) is 6.04 Å². The van der Waals surface area contributed by atoms with Crippen molar-refractivity contribution >= 4 is 17.6 Å². The third-order valence-electron chi connectivity index (χ3n) is 3.25. The molecule has 6 heteroatoms.